The van der Waals surface area contributed by atoms with Gasteiger partial charge < -0.3 is 14.0 Å². The number of aryl methyl sites for hydroxylation is 1. The van der Waals surface area contributed by atoms with Crippen LogP contribution in [0.2, 0.25) is 0 Å². The third-order valence-electron chi connectivity index (χ3n) is 5.37. The summed E-state index contributed by atoms with van der Waals surface area (Å²) in [5, 5.41) is 0. The van der Waals surface area contributed by atoms with Crippen LogP contribution in [0.15, 0.2) is 46.3 Å². The predicted molar refractivity (Wildman–Crippen MR) is 123 cm³/mol. The van der Waals surface area contributed by atoms with Gasteiger partial charge >= 0.3 is 0 Å². The molecule has 170 valence electrons. The van der Waals surface area contributed by atoms with Crippen molar-refractivity contribution in [3.05, 3.63) is 46.8 Å². The van der Waals surface area contributed by atoms with E-state index in [2.05, 4.69) is 4.99 Å². The zero-order valence-electron chi connectivity index (χ0n) is 18.4. The van der Waals surface area contributed by atoms with Crippen LogP contribution in [0.4, 0.5) is 0 Å². The first-order valence-electron chi connectivity index (χ1n) is 10.3. The van der Waals surface area contributed by atoms with Crippen molar-refractivity contribution >= 4 is 37.5 Å². The van der Waals surface area contributed by atoms with Crippen molar-refractivity contribution < 1.29 is 22.7 Å². The van der Waals surface area contributed by atoms with Gasteiger partial charge in [-0.2, -0.15) is 9.30 Å². The summed E-state index contributed by atoms with van der Waals surface area (Å²) < 4.78 is 40.8. The van der Waals surface area contributed by atoms with Gasteiger partial charge in [0.1, 0.15) is 13.2 Å². The first-order chi connectivity index (χ1) is 15.2. The van der Waals surface area contributed by atoms with Crippen molar-refractivity contribution in [2.24, 2.45) is 4.99 Å². The molecule has 0 aliphatic carbocycles. The lowest BCUT2D eigenvalue weighted by molar-refractivity contribution is 0.0997. The highest BCUT2D eigenvalue weighted by atomic mass is 32.2. The number of benzene rings is 2. The van der Waals surface area contributed by atoms with E-state index in [1.165, 1.54) is 47.0 Å². The number of ether oxygens (including phenoxy) is 2. The first-order valence-corrected chi connectivity index (χ1v) is 12.6. The minimum absolute atomic E-state index is 0.140. The van der Waals surface area contributed by atoms with E-state index in [-0.39, 0.29) is 10.9 Å². The number of aromatic nitrogens is 1. The Morgan fingerprint density at radius 1 is 1.16 bits per heavy atom. The second-order valence-corrected chi connectivity index (χ2v) is 10.7. The van der Waals surface area contributed by atoms with Crippen LogP contribution in [0, 0.1) is 0 Å². The molecule has 1 amide bonds. The quantitative estimate of drug-likeness (QED) is 0.565. The molecule has 3 aromatic rings. The Hall–Kier alpha value is -2.69. The van der Waals surface area contributed by atoms with Crippen LogP contribution in [-0.4, -0.2) is 49.5 Å². The van der Waals surface area contributed by atoms with Gasteiger partial charge in [0, 0.05) is 37.3 Å². The zero-order valence-corrected chi connectivity index (χ0v) is 20.0. The molecule has 0 unspecified atom stereocenters. The van der Waals surface area contributed by atoms with Gasteiger partial charge in [-0.05, 0) is 45.0 Å². The van der Waals surface area contributed by atoms with Crippen LogP contribution < -0.4 is 14.3 Å². The normalized spacial score (nSPS) is 14.5. The Kier molecular flexibility index (Phi) is 6.11. The van der Waals surface area contributed by atoms with E-state index >= 15 is 0 Å². The van der Waals surface area contributed by atoms with Gasteiger partial charge in [-0.3, -0.25) is 4.79 Å². The molecule has 32 heavy (non-hydrogen) atoms. The lowest BCUT2D eigenvalue weighted by atomic mass is 10.2. The van der Waals surface area contributed by atoms with Crippen LogP contribution in [-0.2, 0) is 16.6 Å². The van der Waals surface area contributed by atoms with Crippen molar-refractivity contribution in [2.75, 3.05) is 20.3 Å². The molecule has 1 aromatic heterocycles. The third kappa shape index (κ3) is 4.05. The van der Waals surface area contributed by atoms with Gasteiger partial charge in [-0.1, -0.05) is 11.3 Å². The number of carbonyl (C=O) groups is 1. The highest BCUT2D eigenvalue weighted by Gasteiger charge is 2.23. The third-order valence-corrected chi connectivity index (χ3v) is 8.45. The summed E-state index contributed by atoms with van der Waals surface area (Å²) in [7, 11) is -2.08. The first kappa shape index (κ1) is 22.5. The zero-order chi connectivity index (χ0) is 23.0. The molecule has 2 aromatic carbocycles. The molecule has 0 saturated carbocycles. The Labute approximate surface area is 190 Å². The van der Waals surface area contributed by atoms with E-state index in [9.17, 15) is 13.2 Å². The number of hydrogen-bond donors (Lipinski definition) is 0. The van der Waals surface area contributed by atoms with Crippen molar-refractivity contribution in [1.82, 2.24) is 8.87 Å². The van der Waals surface area contributed by atoms with Gasteiger partial charge in [0.2, 0.25) is 10.0 Å². The Balaban J connectivity index is 1.69. The molecule has 8 nitrogen and oxygen atoms in total. The molecule has 0 radical (unpaired) electrons. The molecule has 0 N–H and O–H groups in total. The second kappa shape index (κ2) is 8.68. The monoisotopic (exact) mass is 475 g/mol. The molecule has 10 heteroatoms. The number of nitrogens with zero attached hydrogens (tertiary/aromatic N) is 3. The molecule has 4 rings (SSSR count). The lowest BCUT2D eigenvalue weighted by Crippen LogP contribution is -2.33. The van der Waals surface area contributed by atoms with Crippen LogP contribution in [0.5, 0.6) is 11.5 Å². The number of rotatable bonds is 5. The van der Waals surface area contributed by atoms with E-state index < -0.39 is 15.9 Å². The van der Waals surface area contributed by atoms with Crippen molar-refractivity contribution in [3.63, 3.8) is 0 Å². The fourth-order valence-corrected chi connectivity index (χ4v) is 5.83. The van der Waals surface area contributed by atoms with Gasteiger partial charge in [0.05, 0.1) is 15.1 Å². The molecular weight excluding hydrogens is 450 g/mol. The largest absolute Gasteiger partial charge is 0.486 e. The van der Waals surface area contributed by atoms with Crippen molar-refractivity contribution in [2.45, 2.75) is 38.3 Å². The topological polar surface area (TPSA) is 90.2 Å². The summed E-state index contributed by atoms with van der Waals surface area (Å²) in [6.45, 7) is 7.23. The average Bonchev–Trinajstić information content (AvgIpc) is 3.12. The average molecular weight is 476 g/mol. The van der Waals surface area contributed by atoms with E-state index in [0.29, 0.717) is 41.6 Å². The molecule has 0 saturated heterocycles. The summed E-state index contributed by atoms with van der Waals surface area (Å²) >= 11 is 1.40. The molecule has 0 atom stereocenters. The molecule has 0 spiro atoms. The van der Waals surface area contributed by atoms with Crippen LogP contribution in [0.25, 0.3) is 10.2 Å². The molecule has 1 aliphatic heterocycles. The van der Waals surface area contributed by atoms with Gasteiger partial charge in [0.25, 0.3) is 5.91 Å². The molecule has 0 fully saturated rings. The fourth-order valence-electron chi connectivity index (χ4n) is 3.36. The fraction of sp³-hybridized carbons (Fsp3) is 0.364. The number of hydrogen-bond acceptors (Lipinski definition) is 6. The number of carbonyl (C=O) groups excluding carboxylic acids is 1. The minimum Gasteiger partial charge on any atom is -0.486 e. The Morgan fingerprint density at radius 2 is 1.78 bits per heavy atom. The Morgan fingerprint density at radius 3 is 2.38 bits per heavy atom. The summed E-state index contributed by atoms with van der Waals surface area (Å²) in [4.78, 5) is 17.9. The number of sulfonamides is 1. The van der Waals surface area contributed by atoms with Gasteiger partial charge in [-0.25, -0.2) is 8.42 Å². The number of thiazole rings is 1. The summed E-state index contributed by atoms with van der Waals surface area (Å²) in [5.41, 5.74) is 1.24. The Bertz CT molecular complexity index is 1340. The van der Waals surface area contributed by atoms with Gasteiger partial charge in [-0.15, -0.1) is 0 Å². The number of fused-ring (bicyclic) bond motifs is 2. The maximum Gasteiger partial charge on any atom is 0.279 e. The summed E-state index contributed by atoms with van der Waals surface area (Å²) in [6, 6.07) is 9.54. The van der Waals surface area contributed by atoms with E-state index in [0.717, 1.165) is 10.2 Å². The number of amides is 1. The predicted octanol–water partition coefficient (Wildman–Crippen LogP) is 3.26. The maximum absolute atomic E-state index is 12.8. The van der Waals surface area contributed by atoms with E-state index in [1.807, 2.05) is 23.6 Å². The maximum atomic E-state index is 12.8. The highest BCUT2D eigenvalue weighted by molar-refractivity contribution is 7.89. The second-order valence-electron chi connectivity index (χ2n) is 7.65. The van der Waals surface area contributed by atoms with E-state index in [4.69, 9.17) is 9.47 Å². The lowest BCUT2D eigenvalue weighted by Gasteiger charge is -2.20. The van der Waals surface area contributed by atoms with Crippen LogP contribution in [0.3, 0.4) is 0 Å². The summed E-state index contributed by atoms with van der Waals surface area (Å²) in [6.07, 6.45) is 0. The summed E-state index contributed by atoms with van der Waals surface area (Å²) in [5.74, 6) is 0.941. The smallest absolute Gasteiger partial charge is 0.279 e. The van der Waals surface area contributed by atoms with Crippen LogP contribution in [0.1, 0.15) is 31.1 Å². The highest BCUT2D eigenvalue weighted by Crippen LogP contribution is 2.35. The van der Waals surface area contributed by atoms with Gasteiger partial charge in [0.15, 0.2) is 16.3 Å². The van der Waals surface area contributed by atoms with Crippen molar-refractivity contribution in [1.29, 1.82) is 0 Å². The molecule has 0 bridgehead atoms. The SMILES string of the molecule is CCn1c(=NC(=O)c2ccc(S(=O)(=O)N(C)C(C)C)cc2)sc2cc3c(cc21)OCCO3. The van der Waals surface area contributed by atoms with E-state index in [1.54, 1.807) is 13.8 Å². The van der Waals surface area contributed by atoms with Crippen LogP contribution >= 0.6 is 11.3 Å². The molecular formula is C22H25N3O5S2. The molecule has 2 heterocycles. The van der Waals surface area contributed by atoms with Crippen molar-refractivity contribution in [3.8, 4) is 11.5 Å². The molecule has 1 aliphatic rings. The minimum atomic E-state index is -3.61. The standard InChI is InChI=1S/C22H25N3O5S2/c1-5-25-17-12-18-19(30-11-10-29-18)13-20(17)31-22(25)23-21(26)15-6-8-16(9-7-15)32(27,28)24(4)14(2)3/h6-9,12-14H,5,10-11H2,1-4H3.